The molecule has 1 atom stereocenters. The van der Waals surface area contributed by atoms with Crippen molar-refractivity contribution in [2.45, 2.75) is 19.4 Å². The van der Waals surface area contributed by atoms with E-state index in [1.807, 2.05) is 6.92 Å². The Morgan fingerprint density at radius 3 is 2.74 bits per heavy atom. The number of carbonyl (C=O) groups is 1. The van der Waals surface area contributed by atoms with Crippen LogP contribution in [-0.4, -0.2) is 32.9 Å². The molecule has 0 radical (unpaired) electrons. The quantitative estimate of drug-likeness (QED) is 0.845. The fraction of sp³-hybridized carbons (Fsp3) is 0.462. The Balaban J connectivity index is 2.52. The maximum Gasteiger partial charge on any atom is 0.319 e. The van der Waals surface area contributed by atoms with Gasteiger partial charge in [-0.3, -0.25) is 0 Å². The van der Waals surface area contributed by atoms with Crippen LogP contribution in [0.3, 0.4) is 0 Å². The highest BCUT2D eigenvalue weighted by molar-refractivity contribution is 6.33. The molecular formula is C13H19ClN2O3. The van der Waals surface area contributed by atoms with Crippen LogP contribution in [0.4, 0.5) is 10.5 Å². The van der Waals surface area contributed by atoms with Crippen LogP contribution in [0.15, 0.2) is 18.2 Å². The van der Waals surface area contributed by atoms with Crippen molar-refractivity contribution in [1.82, 2.24) is 5.32 Å². The second-order valence-electron chi connectivity index (χ2n) is 4.13. The standard InChI is InChI=1S/C13H19ClN2O3/c1-9(6-7-18-2)15-13(17)16-12-5-4-10(19-3)8-11(12)14/h4-5,8-9H,6-7H2,1-3H3,(H2,15,16,17). The molecule has 0 aliphatic rings. The predicted molar refractivity (Wildman–Crippen MR) is 76.1 cm³/mol. The van der Waals surface area contributed by atoms with Gasteiger partial charge >= 0.3 is 6.03 Å². The van der Waals surface area contributed by atoms with Crippen LogP contribution < -0.4 is 15.4 Å². The van der Waals surface area contributed by atoms with Crippen LogP contribution in [0, 0.1) is 0 Å². The summed E-state index contributed by atoms with van der Waals surface area (Å²) < 4.78 is 9.99. The van der Waals surface area contributed by atoms with Crippen molar-refractivity contribution in [3.05, 3.63) is 23.2 Å². The van der Waals surface area contributed by atoms with Gasteiger partial charge in [-0.1, -0.05) is 11.6 Å². The second-order valence-corrected chi connectivity index (χ2v) is 4.53. The summed E-state index contributed by atoms with van der Waals surface area (Å²) in [6, 6.07) is 4.80. The van der Waals surface area contributed by atoms with Gasteiger partial charge in [-0.2, -0.15) is 0 Å². The third kappa shape index (κ3) is 5.36. The lowest BCUT2D eigenvalue weighted by molar-refractivity contribution is 0.185. The summed E-state index contributed by atoms with van der Waals surface area (Å²) in [5, 5.41) is 5.92. The van der Waals surface area contributed by atoms with E-state index in [0.717, 1.165) is 6.42 Å². The number of urea groups is 1. The Kier molecular flexibility index (Phi) is 6.45. The van der Waals surface area contributed by atoms with E-state index in [2.05, 4.69) is 10.6 Å². The molecule has 5 nitrogen and oxygen atoms in total. The van der Waals surface area contributed by atoms with Crippen LogP contribution in [0.25, 0.3) is 0 Å². The molecule has 0 fully saturated rings. The number of carbonyl (C=O) groups excluding carboxylic acids is 1. The van der Waals surface area contributed by atoms with Gasteiger partial charge in [0, 0.05) is 25.8 Å². The number of nitrogens with one attached hydrogen (secondary N) is 2. The van der Waals surface area contributed by atoms with Crippen molar-refractivity contribution in [3.63, 3.8) is 0 Å². The SMILES string of the molecule is COCCC(C)NC(=O)Nc1ccc(OC)cc1Cl. The molecule has 106 valence electrons. The zero-order valence-electron chi connectivity index (χ0n) is 11.3. The van der Waals surface area contributed by atoms with Gasteiger partial charge in [0.1, 0.15) is 5.75 Å². The van der Waals surface area contributed by atoms with Gasteiger partial charge in [0.05, 0.1) is 17.8 Å². The lowest BCUT2D eigenvalue weighted by Gasteiger charge is -2.15. The van der Waals surface area contributed by atoms with Crippen molar-refractivity contribution in [2.24, 2.45) is 0 Å². The first-order valence-corrected chi connectivity index (χ1v) is 6.34. The number of rotatable bonds is 6. The molecule has 1 aromatic carbocycles. The number of halogens is 1. The average molecular weight is 287 g/mol. The molecule has 6 heteroatoms. The van der Waals surface area contributed by atoms with E-state index < -0.39 is 0 Å². The summed E-state index contributed by atoms with van der Waals surface area (Å²) >= 11 is 6.03. The Bertz CT molecular complexity index is 426. The molecule has 0 aromatic heterocycles. The molecule has 1 unspecified atom stereocenters. The maximum atomic E-state index is 11.7. The molecule has 0 heterocycles. The van der Waals surface area contributed by atoms with Gasteiger partial charge in [-0.25, -0.2) is 4.79 Å². The Morgan fingerprint density at radius 1 is 1.42 bits per heavy atom. The first kappa shape index (κ1) is 15.6. The van der Waals surface area contributed by atoms with E-state index in [1.165, 1.54) is 0 Å². The maximum absolute atomic E-state index is 11.7. The van der Waals surface area contributed by atoms with E-state index >= 15 is 0 Å². The minimum atomic E-state index is -0.296. The highest BCUT2D eigenvalue weighted by atomic mass is 35.5. The third-order valence-electron chi connectivity index (χ3n) is 2.56. The smallest absolute Gasteiger partial charge is 0.319 e. The Hall–Kier alpha value is -1.46. The highest BCUT2D eigenvalue weighted by Gasteiger charge is 2.09. The third-order valence-corrected chi connectivity index (χ3v) is 2.87. The fourth-order valence-corrected chi connectivity index (χ4v) is 1.69. The number of ether oxygens (including phenoxy) is 2. The lowest BCUT2D eigenvalue weighted by atomic mass is 10.2. The van der Waals surface area contributed by atoms with Gasteiger partial charge in [0.25, 0.3) is 0 Å². The van der Waals surface area contributed by atoms with Crippen molar-refractivity contribution in [2.75, 3.05) is 26.1 Å². The van der Waals surface area contributed by atoms with Crippen molar-refractivity contribution in [3.8, 4) is 5.75 Å². The number of benzene rings is 1. The van der Waals surface area contributed by atoms with Gasteiger partial charge in [0.2, 0.25) is 0 Å². The zero-order chi connectivity index (χ0) is 14.3. The molecule has 1 rings (SSSR count). The van der Waals surface area contributed by atoms with Gasteiger partial charge < -0.3 is 20.1 Å². The van der Waals surface area contributed by atoms with Crippen molar-refractivity contribution in [1.29, 1.82) is 0 Å². The van der Waals surface area contributed by atoms with E-state index in [1.54, 1.807) is 32.4 Å². The average Bonchev–Trinajstić information content (AvgIpc) is 2.38. The number of methoxy groups -OCH3 is 2. The number of anilines is 1. The molecule has 1 aromatic rings. The summed E-state index contributed by atoms with van der Waals surface area (Å²) in [5.74, 6) is 0.643. The number of hydrogen-bond donors (Lipinski definition) is 2. The van der Waals surface area contributed by atoms with Crippen LogP contribution in [0.1, 0.15) is 13.3 Å². The first-order chi connectivity index (χ1) is 9.06. The van der Waals surface area contributed by atoms with Crippen LogP contribution in [0.5, 0.6) is 5.75 Å². The van der Waals surface area contributed by atoms with Crippen LogP contribution >= 0.6 is 11.6 Å². The van der Waals surface area contributed by atoms with Gasteiger partial charge in [-0.05, 0) is 25.5 Å². The monoisotopic (exact) mass is 286 g/mol. The largest absolute Gasteiger partial charge is 0.497 e. The minimum absolute atomic E-state index is 0.0250. The molecule has 0 aliphatic heterocycles. The molecular weight excluding hydrogens is 268 g/mol. The topological polar surface area (TPSA) is 59.6 Å². The first-order valence-electron chi connectivity index (χ1n) is 5.96. The predicted octanol–water partition coefficient (Wildman–Crippen LogP) is 2.90. The second kappa shape index (κ2) is 7.86. The lowest BCUT2D eigenvalue weighted by Crippen LogP contribution is -2.36. The van der Waals surface area contributed by atoms with E-state index in [-0.39, 0.29) is 12.1 Å². The number of amides is 2. The molecule has 0 spiro atoms. The summed E-state index contributed by atoms with van der Waals surface area (Å²) in [6.07, 6.45) is 0.750. The molecule has 0 bridgehead atoms. The summed E-state index contributed by atoms with van der Waals surface area (Å²) in [6.45, 7) is 2.51. The van der Waals surface area contributed by atoms with E-state index in [0.29, 0.717) is 23.1 Å². The van der Waals surface area contributed by atoms with Gasteiger partial charge in [-0.15, -0.1) is 0 Å². The summed E-state index contributed by atoms with van der Waals surface area (Å²) in [5.41, 5.74) is 0.541. The van der Waals surface area contributed by atoms with E-state index in [4.69, 9.17) is 21.1 Å². The number of hydrogen-bond acceptors (Lipinski definition) is 3. The normalized spacial score (nSPS) is 11.8. The molecule has 0 aliphatic carbocycles. The molecule has 19 heavy (non-hydrogen) atoms. The van der Waals surface area contributed by atoms with Crippen LogP contribution in [-0.2, 0) is 4.74 Å². The van der Waals surface area contributed by atoms with E-state index in [9.17, 15) is 4.79 Å². The molecule has 0 saturated heterocycles. The fourth-order valence-electron chi connectivity index (χ4n) is 1.47. The van der Waals surface area contributed by atoms with Crippen molar-refractivity contribution >= 4 is 23.3 Å². The summed E-state index contributed by atoms with van der Waals surface area (Å²) in [7, 11) is 3.19. The van der Waals surface area contributed by atoms with Gasteiger partial charge in [0.15, 0.2) is 0 Å². The highest BCUT2D eigenvalue weighted by Crippen LogP contribution is 2.26. The van der Waals surface area contributed by atoms with Crippen LogP contribution in [0.2, 0.25) is 5.02 Å². The molecule has 2 amide bonds. The molecule has 2 N–H and O–H groups in total. The van der Waals surface area contributed by atoms with Crippen molar-refractivity contribution < 1.29 is 14.3 Å². The Morgan fingerprint density at radius 2 is 2.16 bits per heavy atom. The zero-order valence-corrected chi connectivity index (χ0v) is 12.1. The minimum Gasteiger partial charge on any atom is -0.497 e. The summed E-state index contributed by atoms with van der Waals surface area (Å²) in [4.78, 5) is 11.7. The Labute approximate surface area is 118 Å². The molecule has 0 saturated carbocycles.